The summed E-state index contributed by atoms with van der Waals surface area (Å²) in [6.07, 6.45) is 2.24. The Morgan fingerprint density at radius 2 is 2.28 bits per heavy atom. The van der Waals surface area contributed by atoms with Gasteiger partial charge in [-0.05, 0) is 24.5 Å². The molecular weight excluding hydrogens is 235 g/mol. The monoisotopic (exact) mass is 252 g/mol. The van der Waals surface area contributed by atoms with Gasteiger partial charge in [0.15, 0.2) is 5.78 Å². The number of rotatable bonds is 6. The highest BCUT2D eigenvalue weighted by molar-refractivity contribution is 5.82. The molecule has 1 saturated heterocycles. The van der Waals surface area contributed by atoms with Crippen LogP contribution in [0.2, 0.25) is 0 Å². The van der Waals surface area contributed by atoms with E-state index in [2.05, 4.69) is 0 Å². The average Bonchev–Trinajstić information content (AvgIpc) is 2.85. The molecule has 1 aliphatic heterocycles. The van der Waals surface area contributed by atoms with Crippen LogP contribution in [0.5, 0.6) is 0 Å². The number of carbonyl (C=O) groups is 1. The third-order valence-corrected chi connectivity index (χ3v) is 2.94. The second-order valence-corrected chi connectivity index (χ2v) is 4.46. The van der Waals surface area contributed by atoms with Crippen LogP contribution in [0, 0.1) is 5.82 Å². The number of hydrogen-bond donors (Lipinski definition) is 0. The van der Waals surface area contributed by atoms with E-state index in [4.69, 9.17) is 9.47 Å². The molecule has 3 nitrogen and oxygen atoms in total. The molecule has 18 heavy (non-hydrogen) atoms. The van der Waals surface area contributed by atoms with Crippen molar-refractivity contribution in [3.63, 3.8) is 0 Å². The van der Waals surface area contributed by atoms with Crippen molar-refractivity contribution in [1.29, 1.82) is 0 Å². The van der Waals surface area contributed by atoms with Gasteiger partial charge >= 0.3 is 0 Å². The largest absolute Gasteiger partial charge is 0.376 e. The van der Waals surface area contributed by atoms with E-state index in [0.29, 0.717) is 12.2 Å². The van der Waals surface area contributed by atoms with Gasteiger partial charge in [0.2, 0.25) is 0 Å². The van der Waals surface area contributed by atoms with Crippen LogP contribution in [0.4, 0.5) is 4.39 Å². The van der Waals surface area contributed by atoms with Crippen LogP contribution in [-0.4, -0.2) is 31.7 Å². The van der Waals surface area contributed by atoms with Crippen molar-refractivity contribution < 1.29 is 18.7 Å². The molecule has 1 aliphatic rings. The predicted octanol–water partition coefficient (Wildman–Crippen LogP) is 2.13. The number of hydrogen-bond acceptors (Lipinski definition) is 3. The summed E-state index contributed by atoms with van der Waals surface area (Å²) < 4.78 is 24.0. The molecule has 0 saturated carbocycles. The summed E-state index contributed by atoms with van der Waals surface area (Å²) in [7, 11) is 0. The van der Waals surface area contributed by atoms with E-state index in [1.165, 1.54) is 6.07 Å². The smallest absolute Gasteiger partial charge is 0.162 e. The van der Waals surface area contributed by atoms with E-state index < -0.39 is 0 Å². The molecule has 1 fully saturated rings. The molecule has 0 radical (unpaired) electrons. The maximum atomic E-state index is 13.3. The van der Waals surface area contributed by atoms with Crippen molar-refractivity contribution in [2.24, 2.45) is 0 Å². The number of halogens is 1. The SMILES string of the molecule is O=C(COCC1CCCO1)Cc1ccccc1F. The summed E-state index contributed by atoms with van der Waals surface area (Å²) in [6, 6.07) is 6.30. The second kappa shape index (κ2) is 6.61. The Bertz CT molecular complexity index is 400. The number of ketones is 1. The molecule has 0 amide bonds. The van der Waals surface area contributed by atoms with Gasteiger partial charge in [-0.3, -0.25) is 4.79 Å². The molecule has 1 heterocycles. The van der Waals surface area contributed by atoms with Gasteiger partial charge in [-0.15, -0.1) is 0 Å². The summed E-state index contributed by atoms with van der Waals surface area (Å²) >= 11 is 0. The summed E-state index contributed by atoms with van der Waals surface area (Å²) in [6.45, 7) is 1.24. The van der Waals surface area contributed by atoms with Crippen molar-refractivity contribution in [3.8, 4) is 0 Å². The second-order valence-electron chi connectivity index (χ2n) is 4.46. The fraction of sp³-hybridized carbons (Fsp3) is 0.500. The van der Waals surface area contributed by atoms with E-state index >= 15 is 0 Å². The van der Waals surface area contributed by atoms with Gasteiger partial charge < -0.3 is 9.47 Å². The molecule has 2 rings (SSSR count). The van der Waals surface area contributed by atoms with Crippen LogP contribution in [0.3, 0.4) is 0 Å². The molecule has 1 aromatic carbocycles. The minimum Gasteiger partial charge on any atom is -0.376 e. The Balaban J connectivity index is 1.70. The lowest BCUT2D eigenvalue weighted by Crippen LogP contribution is -2.19. The maximum absolute atomic E-state index is 13.3. The third kappa shape index (κ3) is 3.89. The average molecular weight is 252 g/mol. The highest BCUT2D eigenvalue weighted by Crippen LogP contribution is 2.12. The van der Waals surface area contributed by atoms with Gasteiger partial charge in [0.05, 0.1) is 12.7 Å². The number of carbonyl (C=O) groups excluding carboxylic acids is 1. The zero-order valence-corrected chi connectivity index (χ0v) is 10.2. The van der Waals surface area contributed by atoms with E-state index in [1.54, 1.807) is 18.2 Å². The van der Waals surface area contributed by atoms with E-state index in [-0.39, 0.29) is 30.7 Å². The van der Waals surface area contributed by atoms with Crippen LogP contribution in [-0.2, 0) is 20.7 Å². The standard InChI is InChI=1S/C14H17FO3/c15-14-6-2-1-4-11(14)8-12(16)9-17-10-13-5-3-7-18-13/h1-2,4,6,13H,3,5,7-10H2. The number of ether oxygens (including phenoxy) is 2. The fourth-order valence-electron chi connectivity index (χ4n) is 1.99. The first-order valence-corrected chi connectivity index (χ1v) is 6.20. The minimum atomic E-state index is -0.343. The van der Waals surface area contributed by atoms with Gasteiger partial charge in [-0.25, -0.2) is 4.39 Å². The molecule has 1 atom stereocenters. The Kier molecular flexibility index (Phi) is 4.84. The predicted molar refractivity (Wildman–Crippen MR) is 64.9 cm³/mol. The molecule has 0 aromatic heterocycles. The summed E-state index contributed by atoms with van der Waals surface area (Å²) in [4.78, 5) is 11.6. The molecule has 4 heteroatoms. The highest BCUT2D eigenvalue weighted by atomic mass is 19.1. The number of Topliss-reactive ketones (excluding diaryl/α,β-unsaturated/α-hetero) is 1. The Morgan fingerprint density at radius 1 is 1.44 bits per heavy atom. The van der Waals surface area contributed by atoms with Gasteiger partial charge in [-0.1, -0.05) is 18.2 Å². The Labute approximate surface area is 106 Å². The maximum Gasteiger partial charge on any atom is 0.162 e. The van der Waals surface area contributed by atoms with Gasteiger partial charge in [-0.2, -0.15) is 0 Å². The Hall–Kier alpha value is -1.26. The van der Waals surface area contributed by atoms with Crippen molar-refractivity contribution in [1.82, 2.24) is 0 Å². The van der Waals surface area contributed by atoms with Crippen molar-refractivity contribution >= 4 is 5.78 Å². The fourth-order valence-corrected chi connectivity index (χ4v) is 1.99. The summed E-state index contributed by atoms with van der Waals surface area (Å²) in [5.41, 5.74) is 0.420. The lowest BCUT2D eigenvalue weighted by molar-refractivity contribution is -0.124. The zero-order chi connectivity index (χ0) is 12.8. The first kappa shape index (κ1) is 13.2. The van der Waals surface area contributed by atoms with E-state index in [9.17, 15) is 9.18 Å². The Morgan fingerprint density at radius 3 is 3.00 bits per heavy atom. The van der Waals surface area contributed by atoms with Gasteiger partial charge in [0.25, 0.3) is 0 Å². The molecule has 98 valence electrons. The first-order valence-electron chi connectivity index (χ1n) is 6.20. The van der Waals surface area contributed by atoms with Crippen LogP contribution in [0.15, 0.2) is 24.3 Å². The quantitative estimate of drug-likeness (QED) is 0.778. The molecular formula is C14H17FO3. The zero-order valence-electron chi connectivity index (χ0n) is 10.2. The highest BCUT2D eigenvalue weighted by Gasteiger charge is 2.16. The molecule has 0 bridgehead atoms. The lowest BCUT2D eigenvalue weighted by Gasteiger charge is -2.09. The molecule has 1 aromatic rings. The first-order chi connectivity index (χ1) is 8.75. The molecule has 1 unspecified atom stereocenters. The molecule has 0 aliphatic carbocycles. The number of benzene rings is 1. The van der Waals surface area contributed by atoms with Crippen LogP contribution in [0.1, 0.15) is 18.4 Å². The topological polar surface area (TPSA) is 35.5 Å². The van der Waals surface area contributed by atoms with Crippen molar-refractivity contribution in [2.45, 2.75) is 25.4 Å². The van der Waals surface area contributed by atoms with Crippen molar-refractivity contribution in [3.05, 3.63) is 35.6 Å². The normalized spacial score (nSPS) is 19.1. The summed E-state index contributed by atoms with van der Waals surface area (Å²) in [5, 5.41) is 0. The van der Waals surface area contributed by atoms with Crippen LogP contribution >= 0.6 is 0 Å². The van der Waals surface area contributed by atoms with E-state index in [1.807, 2.05) is 0 Å². The lowest BCUT2D eigenvalue weighted by atomic mass is 10.1. The third-order valence-electron chi connectivity index (χ3n) is 2.94. The van der Waals surface area contributed by atoms with Gasteiger partial charge in [0, 0.05) is 13.0 Å². The van der Waals surface area contributed by atoms with Crippen LogP contribution < -0.4 is 0 Å². The minimum absolute atomic E-state index is 0.0220. The van der Waals surface area contributed by atoms with Gasteiger partial charge in [0.1, 0.15) is 12.4 Å². The molecule has 0 spiro atoms. The van der Waals surface area contributed by atoms with E-state index in [0.717, 1.165) is 19.4 Å². The summed E-state index contributed by atoms with van der Waals surface area (Å²) in [5.74, 6) is -0.455. The van der Waals surface area contributed by atoms with Crippen molar-refractivity contribution in [2.75, 3.05) is 19.8 Å². The molecule has 0 N–H and O–H groups in total. The van der Waals surface area contributed by atoms with Crippen LogP contribution in [0.25, 0.3) is 0 Å².